The van der Waals surface area contributed by atoms with Gasteiger partial charge in [-0.25, -0.2) is 8.42 Å². The molecule has 5 aromatic rings. The standard InChI is InChI=1S/C47H52ClF3N5O6PS2/c1-2-62-63(58,53-46(57)36-14-18-40(19-15-36)56-26-24-55(25-27-56)33-37-8-6-7-11-43(37)35-12-16-38(48)17-13-35)41-20-21-44(45(32-41)65(59,60)47(49,50)51)52-39(22-23-54-28-30-61-31-29-54)34-64-42-9-4-3-5-10-42/h3-21,32,39,52H,2,22-31,33-34H2,1H3,(H,53,57,58)/t39-,63?/m1/s1. The van der Waals surface area contributed by atoms with Gasteiger partial charge >= 0.3 is 13.0 Å². The van der Waals surface area contributed by atoms with Gasteiger partial charge in [-0.1, -0.05) is 66.2 Å². The lowest BCUT2D eigenvalue weighted by Gasteiger charge is -2.36. The van der Waals surface area contributed by atoms with Gasteiger partial charge in [0.15, 0.2) is 0 Å². The summed E-state index contributed by atoms with van der Waals surface area (Å²) in [5.41, 5.74) is -1.50. The van der Waals surface area contributed by atoms with Crippen molar-refractivity contribution in [3.63, 3.8) is 0 Å². The Hall–Kier alpha value is -4.38. The zero-order valence-electron chi connectivity index (χ0n) is 35.9. The van der Waals surface area contributed by atoms with Crippen LogP contribution in [0.1, 0.15) is 29.3 Å². The van der Waals surface area contributed by atoms with Crippen molar-refractivity contribution < 1.29 is 40.2 Å². The third-order valence-electron chi connectivity index (χ3n) is 11.3. The number of sulfone groups is 1. The molecule has 2 N–H and O–H groups in total. The molecular formula is C47H52ClF3N5O6PS2. The number of carbonyl (C=O) groups excluding carboxylic acids is 1. The molecule has 5 aromatic carbocycles. The molecule has 2 aliphatic heterocycles. The number of ether oxygens (including phenoxy) is 1. The van der Waals surface area contributed by atoms with Crippen molar-refractivity contribution >= 4 is 63.3 Å². The Bertz CT molecular complexity index is 2530. The van der Waals surface area contributed by atoms with Crippen LogP contribution in [0.15, 0.2) is 131 Å². The molecular weight excluding hydrogens is 918 g/mol. The van der Waals surface area contributed by atoms with Crippen LogP contribution in [0.3, 0.4) is 0 Å². The van der Waals surface area contributed by atoms with Gasteiger partial charge in [-0.05, 0) is 96.8 Å². The monoisotopic (exact) mass is 969 g/mol. The summed E-state index contributed by atoms with van der Waals surface area (Å²) in [7, 11) is -10.5. The van der Waals surface area contributed by atoms with E-state index in [2.05, 4.69) is 37.2 Å². The van der Waals surface area contributed by atoms with E-state index in [1.54, 1.807) is 24.3 Å². The summed E-state index contributed by atoms with van der Waals surface area (Å²) in [5, 5.41) is 5.76. The maximum Gasteiger partial charge on any atom is 0.501 e. The zero-order valence-corrected chi connectivity index (χ0v) is 39.2. The third kappa shape index (κ3) is 12.5. The summed E-state index contributed by atoms with van der Waals surface area (Å²) >= 11 is 7.61. The topological polar surface area (TPSA) is 121 Å². The van der Waals surface area contributed by atoms with Crippen molar-refractivity contribution in [3.8, 4) is 11.1 Å². The quantitative estimate of drug-likeness (QED) is 0.0647. The first-order chi connectivity index (χ1) is 31.2. The molecule has 2 fully saturated rings. The van der Waals surface area contributed by atoms with Crippen LogP contribution < -0.4 is 20.6 Å². The van der Waals surface area contributed by atoms with Crippen molar-refractivity contribution in [2.75, 3.05) is 81.6 Å². The molecule has 1 amide bonds. The number of benzene rings is 5. The van der Waals surface area contributed by atoms with E-state index in [0.29, 0.717) is 56.1 Å². The Morgan fingerprint density at radius 3 is 2.22 bits per heavy atom. The van der Waals surface area contributed by atoms with Crippen LogP contribution in [0.2, 0.25) is 5.02 Å². The average molecular weight is 971 g/mol. The molecule has 0 radical (unpaired) electrons. The summed E-state index contributed by atoms with van der Waals surface area (Å²) in [6.07, 6.45) is 0.483. The average Bonchev–Trinajstić information content (AvgIpc) is 3.31. The fraction of sp³-hybridized carbons (Fsp3) is 0.340. The molecule has 0 aromatic heterocycles. The minimum Gasteiger partial charge on any atom is -0.380 e. The van der Waals surface area contributed by atoms with Crippen molar-refractivity contribution in [1.29, 1.82) is 0 Å². The Morgan fingerprint density at radius 1 is 0.862 bits per heavy atom. The van der Waals surface area contributed by atoms with Gasteiger partial charge in [0.1, 0.15) is 4.90 Å². The van der Waals surface area contributed by atoms with Gasteiger partial charge in [0.05, 0.1) is 30.8 Å². The fourth-order valence-corrected chi connectivity index (χ4v) is 11.6. The number of anilines is 2. The summed E-state index contributed by atoms with van der Waals surface area (Å²) in [5.74, 6) is -0.397. The van der Waals surface area contributed by atoms with Gasteiger partial charge in [-0.2, -0.15) is 13.2 Å². The molecule has 1 unspecified atom stereocenters. The van der Waals surface area contributed by atoms with Gasteiger partial charge in [-0.3, -0.25) is 24.2 Å². The van der Waals surface area contributed by atoms with Gasteiger partial charge in [0, 0.05) is 85.3 Å². The summed E-state index contributed by atoms with van der Waals surface area (Å²) in [6.45, 7) is 8.30. The molecule has 2 heterocycles. The number of halogens is 4. The lowest BCUT2D eigenvalue weighted by molar-refractivity contribution is -0.0435. The highest BCUT2D eigenvalue weighted by molar-refractivity contribution is 7.99. The number of rotatable bonds is 18. The molecule has 0 aliphatic carbocycles. The van der Waals surface area contributed by atoms with Crippen LogP contribution in [0.5, 0.6) is 0 Å². The molecule has 2 saturated heterocycles. The second-order valence-electron chi connectivity index (χ2n) is 15.7. The minimum atomic E-state index is -5.98. The zero-order chi connectivity index (χ0) is 46.0. The number of carbonyl (C=O) groups is 1. The number of alkyl halides is 3. The molecule has 11 nitrogen and oxygen atoms in total. The van der Waals surface area contributed by atoms with E-state index in [1.807, 2.05) is 66.7 Å². The van der Waals surface area contributed by atoms with Crippen molar-refractivity contribution in [2.45, 2.75) is 41.2 Å². The van der Waals surface area contributed by atoms with Gasteiger partial charge in [0.25, 0.3) is 15.7 Å². The highest BCUT2D eigenvalue weighted by atomic mass is 35.5. The lowest BCUT2D eigenvalue weighted by Crippen LogP contribution is -2.46. The van der Waals surface area contributed by atoms with Crippen molar-refractivity contribution in [3.05, 3.63) is 137 Å². The predicted molar refractivity (Wildman–Crippen MR) is 253 cm³/mol. The highest BCUT2D eigenvalue weighted by Gasteiger charge is 2.49. The van der Waals surface area contributed by atoms with Crippen LogP contribution in [0.4, 0.5) is 24.5 Å². The van der Waals surface area contributed by atoms with E-state index in [9.17, 15) is 30.9 Å². The van der Waals surface area contributed by atoms with Crippen LogP contribution in [-0.4, -0.2) is 107 Å². The van der Waals surface area contributed by atoms with Crippen LogP contribution in [0.25, 0.3) is 11.1 Å². The Kier molecular flexibility index (Phi) is 16.4. The normalized spacial score (nSPS) is 16.7. The van der Waals surface area contributed by atoms with Gasteiger partial charge in [-0.15, -0.1) is 11.8 Å². The molecule has 2 aliphatic rings. The SMILES string of the molecule is CCOP(=O)(NC(=O)c1ccc(N2CCN(Cc3ccccc3-c3ccc(Cl)cc3)CC2)cc1)c1ccc(N[C@H](CCN2CCOCC2)CSc2ccccc2)c(S(=O)(=O)C(F)(F)F)c1. The largest absolute Gasteiger partial charge is 0.501 e. The highest BCUT2D eigenvalue weighted by Crippen LogP contribution is 2.44. The molecule has 2 atom stereocenters. The number of nitrogens with zero attached hydrogens (tertiary/aromatic N) is 3. The van der Waals surface area contributed by atoms with E-state index in [1.165, 1.54) is 30.3 Å². The van der Waals surface area contributed by atoms with E-state index in [0.717, 1.165) is 60.5 Å². The summed E-state index contributed by atoms with van der Waals surface area (Å²) in [4.78, 5) is 20.3. The van der Waals surface area contributed by atoms with Crippen LogP contribution in [-0.2, 0) is 30.2 Å². The molecule has 7 rings (SSSR count). The molecule has 0 spiro atoms. The maximum atomic E-state index is 14.5. The van der Waals surface area contributed by atoms with Crippen molar-refractivity contribution in [1.82, 2.24) is 14.9 Å². The number of amides is 1. The van der Waals surface area contributed by atoms with Gasteiger partial charge < -0.3 is 19.5 Å². The fourth-order valence-electron chi connectivity index (χ4n) is 7.80. The van der Waals surface area contributed by atoms with Crippen LogP contribution in [0, 0.1) is 0 Å². The molecule has 65 heavy (non-hydrogen) atoms. The lowest BCUT2D eigenvalue weighted by atomic mass is 9.99. The molecule has 0 saturated carbocycles. The Labute approximate surface area is 388 Å². The molecule has 0 bridgehead atoms. The molecule has 18 heteroatoms. The molecule has 346 valence electrons. The maximum absolute atomic E-state index is 14.5. The second-order valence-corrected chi connectivity index (χ2v) is 21.3. The van der Waals surface area contributed by atoms with E-state index < -0.39 is 45.0 Å². The summed E-state index contributed by atoms with van der Waals surface area (Å²) < 4.78 is 95.0. The van der Waals surface area contributed by atoms with Crippen LogP contribution >= 0.6 is 30.9 Å². The minimum absolute atomic E-state index is 0.131. The van der Waals surface area contributed by atoms with E-state index in [-0.39, 0.29) is 17.9 Å². The van der Waals surface area contributed by atoms with Gasteiger partial charge in [0.2, 0.25) is 0 Å². The number of thioether (sulfide) groups is 1. The number of morpholine rings is 1. The number of hydrogen-bond donors (Lipinski definition) is 2. The number of nitrogens with one attached hydrogen (secondary N) is 2. The smallest absolute Gasteiger partial charge is 0.380 e. The Balaban J connectivity index is 1.05. The first kappa shape index (κ1) is 48.6. The van der Waals surface area contributed by atoms with E-state index >= 15 is 0 Å². The van der Waals surface area contributed by atoms with E-state index in [4.69, 9.17) is 20.9 Å². The number of piperazine rings is 1. The number of hydrogen-bond acceptors (Lipinski definition) is 11. The first-order valence-electron chi connectivity index (χ1n) is 21.4. The van der Waals surface area contributed by atoms with Crippen molar-refractivity contribution in [2.24, 2.45) is 0 Å². The predicted octanol–water partition coefficient (Wildman–Crippen LogP) is 9.20. The Morgan fingerprint density at radius 2 is 1.54 bits per heavy atom. The summed E-state index contributed by atoms with van der Waals surface area (Å²) in [6, 6.07) is 34.9. The third-order valence-corrected chi connectivity index (χ3v) is 16.4. The second kappa shape index (κ2) is 21.9. The first-order valence-corrected chi connectivity index (χ1v) is 25.9.